The summed E-state index contributed by atoms with van der Waals surface area (Å²) < 4.78 is 13.2. The number of fused-ring (bicyclic) bond motifs is 3. The van der Waals surface area contributed by atoms with E-state index in [4.69, 9.17) is 5.73 Å². The molecule has 0 saturated carbocycles. The highest BCUT2D eigenvalue weighted by molar-refractivity contribution is 7.84. The van der Waals surface area contributed by atoms with E-state index >= 15 is 0 Å². The number of hydrogen-bond acceptors (Lipinski definition) is 2. The third kappa shape index (κ3) is 2.79. The van der Waals surface area contributed by atoms with E-state index in [-0.39, 0.29) is 5.25 Å². The standard InChI is InChI=1S/C21H17NO2S/c22-21(23)15-7-5-6-14(12-15)13-25(24)20-18-10-3-1-8-16(18)17-9-2-4-11-19(17)20/h1-12,20H,13H2,(H2,22,23). The van der Waals surface area contributed by atoms with Gasteiger partial charge in [-0.15, -0.1) is 0 Å². The predicted octanol–water partition coefficient (Wildman–Crippen LogP) is 3.80. The van der Waals surface area contributed by atoms with Gasteiger partial charge in [0.1, 0.15) is 0 Å². The molecule has 1 aliphatic carbocycles. The highest BCUT2D eigenvalue weighted by Crippen LogP contribution is 2.46. The summed E-state index contributed by atoms with van der Waals surface area (Å²) in [5.74, 6) is -0.0850. The summed E-state index contributed by atoms with van der Waals surface area (Å²) >= 11 is 0. The van der Waals surface area contributed by atoms with Gasteiger partial charge in [0.2, 0.25) is 5.91 Å². The second-order valence-electron chi connectivity index (χ2n) is 6.14. The van der Waals surface area contributed by atoms with Gasteiger partial charge in [-0.05, 0) is 39.9 Å². The van der Waals surface area contributed by atoms with Crippen LogP contribution in [0.1, 0.15) is 32.3 Å². The van der Waals surface area contributed by atoms with Crippen LogP contribution in [0.2, 0.25) is 0 Å². The molecule has 1 atom stereocenters. The maximum absolute atomic E-state index is 13.2. The summed E-state index contributed by atoms with van der Waals surface area (Å²) in [7, 11) is -1.14. The lowest BCUT2D eigenvalue weighted by molar-refractivity contribution is 0.1000. The van der Waals surface area contributed by atoms with Gasteiger partial charge in [0.25, 0.3) is 0 Å². The number of carbonyl (C=O) groups is 1. The lowest BCUT2D eigenvalue weighted by atomic mass is 10.1. The fraction of sp³-hybridized carbons (Fsp3) is 0.0952. The fourth-order valence-electron chi connectivity index (χ4n) is 3.45. The van der Waals surface area contributed by atoms with Crippen molar-refractivity contribution in [1.29, 1.82) is 0 Å². The van der Waals surface area contributed by atoms with Crippen LogP contribution in [0, 0.1) is 0 Å². The SMILES string of the molecule is NC(=O)c1cccc(CS(=O)C2c3ccccc3-c3ccccc32)c1. The number of amides is 1. The molecule has 0 aromatic heterocycles. The topological polar surface area (TPSA) is 60.2 Å². The molecule has 3 aromatic carbocycles. The van der Waals surface area contributed by atoms with Crippen LogP contribution in [0.4, 0.5) is 0 Å². The molecule has 4 rings (SSSR count). The zero-order valence-corrected chi connectivity index (χ0v) is 14.3. The number of primary amides is 1. The van der Waals surface area contributed by atoms with Crippen LogP contribution in [0.3, 0.4) is 0 Å². The molecule has 0 saturated heterocycles. The normalized spacial score (nSPS) is 13.9. The van der Waals surface area contributed by atoms with E-state index in [1.165, 1.54) is 0 Å². The highest BCUT2D eigenvalue weighted by atomic mass is 32.2. The van der Waals surface area contributed by atoms with Crippen LogP contribution in [0.25, 0.3) is 11.1 Å². The Bertz CT molecular complexity index is 951. The lowest BCUT2D eigenvalue weighted by Gasteiger charge is -2.14. The second-order valence-corrected chi connectivity index (χ2v) is 7.67. The van der Waals surface area contributed by atoms with Crippen molar-refractivity contribution in [3.8, 4) is 11.1 Å². The van der Waals surface area contributed by atoms with Crippen LogP contribution in [-0.4, -0.2) is 10.1 Å². The fourth-order valence-corrected chi connectivity index (χ4v) is 5.11. The average Bonchev–Trinajstić information content (AvgIpc) is 2.96. The Morgan fingerprint density at radius 2 is 1.48 bits per heavy atom. The summed E-state index contributed by atoms with van der Waals surface area (Å²) in [5, 5.41) is -0.148. The van der Waals surface area contributed by atoms with Crippen LogP contribution in [-0.2, 0) is 16.6 Å². The van der Waals surface area contributed by atoms with Crippen LogP contribution in [0.5, 0.6) is 0 Å². The van der Waals surface area contributed by atoms with Crippen LogP contribution >= 0.6 is 0 Å². The first kappa shape index (κ1) is 15.8. The van der Waals surface area contributed by atoms with E-state index in [2.05, 4.69) is 24.3 Å². The van der Waals surface area contributed by atoms with E-state index in [0.29, 0.717) is 11.3 Å². The molecule has 0 bridgehead atoms. The molecule has 0 heterocycles. The molecule has 2 N–H and O–H groups in total. The minimum atomic E-state index is -1.14. The van der Waals surface area contributed by atoms with Gasteiger partial charge in [0.05, 0.1) is 5.25 Å². The van der Waals surface area contributed by atoms with Crippen molar-refractivity contribution in [2.24, 2.45) is 5.73 Å². The molecular formula is C21H17NO2S. The minimum absolute atomic E-state index is 0.148. The van der Waals surface area contributed by atoms with Gasteiger partial charge in [-0.1, -0.05) is 60.7 Å². The molecule has 1 aliphatic rings. The van der Waals surface area contributed by atoms with E-state index in [1.807, 2.05) is 30.3 Å². The summed E-state index contributed by atoms with van der Waals surface area (Å²) in [6, 6.07) is 23.3. The summed E-state index contributed by atoms with van der Waals surface area (Å²) in [4.78, 5) is 11.4. The quantitative estimate of drug-likeness (QED) is 0.780. The Hall–Kier alpha value is -2.72. The van der Waals surface area contributed by atoms with Crippen molar-refractivity contribution < 1.29 is 9.00 Å². The molecule has 0 radical (unpaired) electrons. The number of benzene rings is 3. The zero-order chi connectivity index (χ0) is 17.4. The molecule has 0 spiro atoms. The zero-order valence-electron chi connectivity index (χ0n) is 13.5. The Balaban J connectivity index is 1.71. The maximum atomic E-state index is 13.2. The van der Waals surface area contributed by atoms with Crippen molar-refractivity contribution in [3.05, 3.63) is 95.1 Å². The van der Waals surface area contributed by atoms with Gasteiger partial charge in [-0.2, -0.15) is 0 Å². The first-order chi connectivity index (χ1) is 12.1. The third-order valence-corrected chi connectivity index (χ3v) is 6.21. The molecule has 0 aliphatic heterocycles. The molecule has 3 nitrogen and oxygen atoms in total. The van der Waals surface area contributed by atoms with Gasteiger partial charge < -0.3 is 5.73 Å². The molecule has 1 amide bonds. The summed E-state index contributed by atoms with van der Waals surface area (Å²) in [5.41, 5.74) is 11.2. The monoisotopic (exact) mass is 347 g/mol. The van der Waals surface area contributed by atoms with Gasteiger partial charge in [0, 0.05) is 22.1 Å². The van der Waals surface area contributed by atoms with E-state index in [0.717, 1.165) is 27.8 Å². The average molecular weight is 347 g/mol. The Kier molecular flexibility index (Phi) is 3.98. The summed E-state index contributed by atoms with van der Waals surface area (Å²) in [6.07, 6.45) is 0. The minimum Gasteiger partial charge on any atom is -0.366 e. The predicted molar refractivity (Wildman–Crippen MR) is 101 cm³/mol. The molecule has 4 heteroatoms. The van der Waals surface area contributed by atoms with Crippen LogP contribution in [0.15, 0.2) is 72.8 Å². The van der Waals surface area contributed by atoms with Crippen molar-refractivity contribution >= 4 is 16.7 Å². The van der Waals surface area contributed by atoms with Gasteiger partial charge in [-0.25, -0.2) is 0 Å². The number of nitrogens with two attached hydrogens (primary N) is 1. The Labute approximate surface area is 149 Å². The van der Waals surface area contributed by atoms with Crippen LogP contribution < -0.4 is 5.73 Å². The van der Waals surface area contributed by atoms with E-state index in [1.54, 1.807) is 18.2 Å². The lowest BCUT2D eigenvalue weighted by Crippen LogP contribution is -2.12. The molecule has 124 valence electrons. The van der Waals surface area contributed by atoms with Crippen molar-refractivity contribution in [3.63, 3.8) is 0 Å². The van der Waals surface area contributed by atoms with E-state index < -0.39 is 16.7 Å². The second kappa shape index (κ2) is 6.30. The Morgan fingerprint density at radius 3 is 2.08 bits per heavy atom. The molecule has 3 aromatic rings. The van der Waals surface area contributed by atoms with Gasteiger partial charge >= 0.3 is 0 Å². The first-order valence-electron chi connectivity index (χ1n) is 8.09. The van der Waals surface area contributed by atoms with Gasteiger partial charge in [0.15, 0.2) is 0 Å². The highest BCUT2D eigenvalue weighted by Gasteiger charge is 2.32. The van der Waals surface area contributed by atoms with Crippen molar-refractivity contribution in [2.45, 2.75) is 11.0 Å². The third-order valence-electron chi connectivity index (χ3n) is 4.56. The smallest absolute Gasteiger partial charge is 0.248 e. The number of carbonyl (C=O) groups excluding carboxylic acids is 1. The van der Waals surface area contributed by atoms with E-state index in [9.17, 15) is 9.00 Å². The van der Waals surface area contributed by atoms with Crippen molar-refractivity contribution in [1.82, 2.24) is 0 Å². The van der Waals surface area contributed by atoms with Gasteiger partial charge in [-0.3, -0.25) is 9.00 Å². The first-order valence-corrected chi connectivity index (χ1v) is 9.47. The molecular weight excluding hydrogens is 330 g/mol. The largest absolute Gasteiger partial charge is 0.366 e. The summed E-state index contributed by atoms with van der Waals surface area (Å²) in [6.45, 7) is 0. The van der Waals surface area contributed by atoms with Crippen molar-refractivity contribution in [2.75, 3.05) is 0 Å². The number of hydrogen-bond donors (Lipinski definition) is 1. The maximum Gasteiger partial charge on any atom is 0.248 e. The number of rotatable bonds is 4. The molecule has 25 heavy (non-hydrogen) atoms. The molecule has 1 unspecified atom stereocenters. The Morgan fingerprint density at radius 1 is 0.880 bits per heavy atom. The molecule has 0 fully saturated rings.